The van der Waals surface area contributed by atoms with Gasteiger partial charge < -0.3 is 15.4 Å². The maximum absolute atomic E-state index is 14.9. The smallest absolute Gasteiger partial charge is 0.143 e. The Morgan fingerprint density at radius 1 is 1.31 bits per heavy atom. The van der Waals surface area contributed by atoms with Gasteiger partial charge in [-0.15, -0.1) is 0 Å². The van der Waals surface area contributed by atoms with Crippen molar-refractivity contribution in [2.24, 2.45) is 0 Å². The number of H-pyrrole nitrogens is 1. The lowest BCUT2D eigenvalue weighted by molar-refractivity contribution is 0.0174. The van der Waals surface area contributed by atoms with Crippen LogP contribution in [0.5, 0.6) is 0 Å². The second-order valence-electron chi connectivity index (χ2n) is 8.27. The van der Waals surface area contributed by atoms with Crippen molar-refractivity contribution in [2.75, 3.05) is 25.0 Å². The number of alkyl halides is 1. The third-order valence-corrected chi connectivity index (χ3v) is 5.82. The molecular formula is C23H29FN4O. The fraction of sp³-hybridized carbons (Fsp3) is 0.435. The standard InChI is InChI=1S/C23H29FN4O/c1-4-25-20-10-9-16(12-26-20)22-21-18(17-7-5-6-8-19(17)27-21)11-15(2)28(22)13-23(3,24)14-29/h5-10,12,15,22,27,29H,4,11,13-14H2,1-3H3,(H,25,26). The van der Waals surface area contributed by atoms with Gasteiger partial charge in [-0.2, -0.15) is 0 Å². The average molecular weight is 397 g/mol. The summed E-state index contributed by atoms with van der Waals surface area (Å²) in [6.07, 6.45) is 2.71. The van der Waals surface area contributed by atoms with E-state index in [2.05, 4.69) is 51.4 Å². The minimum atomic E-state index is -1.67. The number of nitrogens with zero attached hydrogens (tertiary/aromatic N) is 2. The van der Waals surface area contributed by atoms with Gasteiger partial charge in [0, 0.05) is 41.9 Å². The van der Waals surface area contributed by atoms with Gasteiger partial charge in [-0.3, -0.25) is 4.90 Å². The Morgan fingerprint density at radius 3 is 2.79 bits per heavy atom. The van der Waals surface area contributed by atoms with Crippen LogP contribution in [0.4, 0.5) is 10.2 Å². The highest BCUT2D eigenvalue weighted by atomic mass is 19.1. The molecule has 5 nitrogen and oxygen atoms in total. The van der Waals surface area contributed by atoms with Gasteiger partial charge in [0.15, 0.2) is 0 Å². The monoisotopic (exact) mass is 396 g/mol. The van der Waals surface area contributed by atoms with Gasteiger partial charge in [-0.25, -0.2) is 9.37 Å². The highest BCUT2D eigenvalue weighted by Crippen LogP contribution is 2.41. The molecule has 3 heterocycles. The summed E-state index contributed by atoms with van der Waals surface area (Å²) in [6.45, 7) is 6.09. The minimum absolute atomic E-state index is 0.127. The third kappa shape index (κ3) is 3.74. The molecule has 154 valence electrons. The lowest BCUT2D eigenvalue weighted by atomic mass is 9.88. The Bertz CT molecular complexity index is 982. The zero-order valence-electron chi connectivity index (χ0n) is 17.2. The summed E-state index contributed by atoms with van der Waals surface area (Å²) in [5, 5.41) is 14.0. The molecule has 0 spiro atoms. The molecule has 2 aromatic heterocycles. The third-order valence-electron chi connectivity index (χ3n) is 5.82. The van der Waals surface area contributed by atoms with Crippen LogP contribution in [0.3, 0.4) is 0 Å². The van der Waals surface area contributed by atoms with Gasteiger partial charge in [0.05, 0.1) is 12.6 Å². The average Bonchev–Trinajstić information content (AvgIpc) is 3.07. The molecule has 0 saturated carbocycles. The number of nitrogens with one attached hydrogen (secondary N) is 2. The molecule has 0 aliphatic carbocycles. The van der Waals surface area contributed by atoms with Crippen molar-refractivity contribution in [3.05, 3.63) is 59.4 Å². The van der Waals surface area contributed by atoms with E-state index in [-0.39, 0.29) is 18.6 Å². The Labute approximate surface area is 171 Å². The second kappa shape index (κ2) is 7.76. The second-order valence-corrected chi connectivity index (χ2v) is 8.27. The first kappa shape index (κ1) is 19.9. The largest absolute Gasteiger partial charge is 0.393 e. The molecule has 3 unspecified atom stereocenters. The summed E-state index contributed by atoms with van der Waals surface area (Å²) in [7, 11) is 0. The number of aliphatic hydroxyl groups is 1. The number of fused-ring (bicyclic) bond motifs is 3. The zero-order valence-corrected chi connectivity index (χ0v) is 17.2. The van der Waals surface area contributed by atoms with Crippen molar-refractivity contribution in [3.8, 4) is 0 Å². The number of halogens is 1. The fourth-order valence-corrected chi connectivity index (χ4v) is 4.40. The molecule has 0 fully saturated rings. The van der Waals surface area contributed by atoms with E-state index in [1.165, 1.54) is 17.9 Å². The molecule has 1 aliphatic heterocycles. The Hall–Kier alpha value is -2.44. The molecule has 1 aromatic carbocycles. The number of aliphatic hydroxyl groups excluding tert-OH is 1. The number of benzene rings is 1. The van der Waals surface area contributed by atoms with E-state index < -0.39 is 12.3 Å². The quantitative estimate of drug-likeness (QED) is 0.588. The summed E-state index contributed by atoms with van der Waals surface area (Å²) in [5.41, 5.74) is 2.82. The van der Waals surface area contributed by atoms with Crippen molar-refractivity contribution < 1.29 is 9.50 Å². The van der Waals surface area contributed by atoms with Crippen LogP contribution in [-0.2, 0) is 6.42 Å². The van der Waals surface area contributed by atoms with Crippen LogP contribution in [0, 0.1) is 0 Å². The van der Waals surface area contributed by atoms with Crippen molar-refractivity contribution in [1.29, 1.82) is 0 Å². The highest BCUT2D eigenvalue weighted by Gasteiger charge is 2.39. The van der Waals surface area contributed by atoms with Crippen LogP contribution in [0.25, 0.3) is 10.9 Å². The molecule has 0 amide bonds. The maximum atomic E-state index is 14.9. The predicted molar refractivity (Wildman–Crippen MR) is 115 cm³/mol. The van der Waals surface area contributed by atoms with E-state index in [4.69, 9.17) is 0 Å². The van der Waals surface area contributed by atoms with Crippen molar-refractivity contribution in [2.45, 2.75) is 44.9 Å². The van der Waals surface area contributed by atoms with E-state index in [9.17, 15) is 9.50 Å². The number of aromatic nitrogens is 2. The molecule has 3 atom stereocenters. The SMILES string of the molecule is CCNc1ccc(C2c3[nH]c4ccccc4c3CC(C)N2CC(C)(F)CO)cn1. The number of para-hydroxylation sites is 1. The first-order chi connectivity index (χ1) is 13.9. The van der Waals surface area contributed by atoms with Crippen LogP contribution in [-0.4, -0.2) is 51.4 Å². The number of rotatable bonds is 6. The summed E-state index contributed by atoms with van der Waals surface area (Å²) < 4.78 is 14.9. The molecule has 0 bridgehead atoms. The van der Waals surface area contributed by atoms with E-state index in [1.807, 2.05) is 25.3 Å². The molecule has 29 heavy (non-hydrogen) atoms. The fourth-order valence-electron chi connectivity index (χ4n) is 4.40. The lowest BCUT2D eigenvalue weighted by Crippen LogP contribution is -2.49. The molecule has 3 aromatic rings. The van der Waals surface area contributed by atoms with Crippen LogP contribution >= 0.6 is 0 Å². The van der Waals surface area contributed by atoms with E-state index in [0.717, 1.165) is 35.6 Å². The van der Waals surface area contributed by atoms with Gasteiger partial charge in [-0.05, 0) is 50.5 Å². The Morgan fingerprint density at radius 2 is 2.10 bits per heavy atom. The van der Waals surface area contributed by atoms with Crippen LogP contribution in [0.1, 0.15) is 43.6 Å². The first-order valence-corrected chi connectivity index (χ1v) is 10.3. The van der Waals surface area contributed by atoms with Crippen LogP contribution < -0.4 is 5.32 Å². The summed E-state index contributed by atoms with van der Waals surface area (Å²) >= 11 is 0. The Balaban J connectivity index is 1.83. The number of hydrogen-bond acceptors (Lipinski definition) is 4. The number of aromatic amines is 1. The molecule has 4 rings (SSSR count). The van der Waals surface area contributed by atoms with Crippen LogP contribution in [0.2, 0.25) is 0 Å². The van der Waals surface area contributed by atoms with Gasteiger partial charge in [0.2, 0.25) is 0 Å². The molecular weight excluding hydrogens is 367 g/mol. The van der Waals surface area contributed by atoms with E-state index >= 15 is 0 Å². The summed E-state index contributed by atoms with van der Waals surface area (Å²) in [6, 6.07) is 12.3. The van der Waals surface area contributed by atoms with Gasteiger partial charge in [0.1, 0.15) is 11.5 Å². The number of pyridine rings is 1. The maximum Gasteiger partial charge on any atom is 0.143 e. The van der Waals surface area contributed by atoms with Crippen molar-refractivity contribution >= 4 is 16.7 Å². The van der Waals surface area contributed by atoms with Crippen molar-refractivity contribution in [1.82, 2.24) is 14.9 Å². The van der Waals surface area contributed by atoms with Crippen LogP contribution in [0.15, 0.2) is 42.6 Å². The molecule has 3 N–H and O–H groups in total. The normalized spacial score (nSPS) is 21.7. The molecule has 0 radical (unpaired) electrons. The molecule has 0 saturated heterocycles. The van der Waals surface area contributed by atoms with E-state index in [0.29, 0.717) is 0 Å². The molecule has 1 aliphatic rings. The number of hydrogen-bond donors (Lipinski definition) is 3. The van der Waals surface area contributed by atoms with Gasteiger partial charge >= 0.3 is 0 Å². The highest BCUT2D eigenvalue weighted by molar-refractivity contribution is 5.85. The predicted octanol–water partition coefficient (Wildman–Crippen LogP) is 4.05. The minimum Gasteiger partial charge on any atom is -0.393 e. The van der Waals surface area contributed by atoms with Gasteiger partial charge in [0.25, 0.3) is 0 Å². The lowest BCUT2D eigenvalue weighted by Gasteiger charge is -2.43. The topological polar surface area (TPSA) is 64.2 Å². The van der Waals surface area contributed by atoms with Gasteiger partial charge in [-0.1, -0.05) is 24.3 Å². The first-order valence-electron chi connectivity index (χ1n) is 10.3. The van der Waals surface area contributed by atoms with Crippen molar-refractivity contribution in [3.63, 3.8) is 0 Å². The Kier molecular flexibility index (Phi) is 5.32. The van der Waals surface area contributed by atoms with E-state index in [1.54, 1.807) is 0 Å². The number of anilines is 1. The molecule has 6 heteroatoms. The zero-order chi connectivity index (χ0) is 20.6. The summed E-state index contributed by atoms with van der Waals surface area (Å²) in [5.74, 6) is 0.828. The summed E-state index contributed by atoms with van der Waals surface area (Å²) in [4.78, 5) is 10.3.